The first-order chi connectivity index (χ1) is 7.18. The Morgan fingerprint density at radius 1 is 1.44 bits per heavy atom. The van der Waals surface area contributed by atoms with Gasteiger partial charge in [-0.15, -0.1) is 11.3 Å². The summed E-state index contributed by atoms with van der Waals surface area (Å²) >= 11 is 1.62. The predicted molar refractivity (Wildman–Crippen MR) is 67.9 cm³/mol. The van der Waals surface area contributed by atoms with E-state index >= 15 is 0 Å². The van der Waals surface area contributed by atoms with E-state index in [9.17, 15) is 4.79 Å². The summed E-state index contributed by atoms with van der Waals surface area (Å²) < 4.78 is 1.17. The van der Waals surface area contributed by atoms with Gasteiger partial charge < -0.3 is 10.8 Å². The molecule has 0 radical (unpaired) electrons. The number of hydrogen-bond donors (Lipinski definition) is 2. The van der Waals surface area contributed by atoms with Crippen molar-refractivity contribution in [3.8, 4) is 0 Å². The van der Waals surface area contributed by atoms with E-state index in [1.54, 1.807) is 11.3 Å². The molecule has 0 fully saturated rings. The zero-order valence-corrected chi connectivity index (χ0v) is 8.83. The molecule has 1 aromatic carbocycles. The van der Waals surface area contributed by atoms with Crippen LogP contribution < -0.4 is 5.73 Å². The summed E-state index contributed by atoms with van der Waals surface area (Å²) in [5.41, 5.74) is 6.52. The summed E-state index contributed by atoms with van der Waals surface area (Å²) in [5, 5.41) is 11.8. The third-order valence-electron chi connectivity index (χ3n) is 2.32. The van der Waals surface area contributed by atoms with Crippen molar-refractivity contribution in [3.05, 3.63) is 35.2 Å². The highest BCUT2D eigenvalue weighted by Gasteiger charge is 2.14. The Labute approximate surface area is 98.5 Å². The van der Waals surface area contributed by atoms with Crippen LogP contribution in [-0.4, -0.2) is 17.1 Å². The molecule has 0 bridgehead atoms. The van der Waals surface area contributed by atoms with Gasteiger partial charge >= 0.3 is 5.97 Å². The minimum atomic E-state index is -0.953. The summed E-state index contributed by atoms with van der Waals surface area (Å²) in [5.74, 6) is -0.953. The lowest BCUT2D eigenvalue weighted by atomic mass is 10.1. The molecule has 0 aliphatic rings. The summed E-state index contributed by atoms with van der Waals surface area (Å²) in [6.45, 7) is 0. The Bertz CT molecular complexity index is 492. The number of aliphatic carboxylic acids is 1. The second kappa shape index (κ2) is 5.09. The SMILES string of the molecule is C.N[C@@H](Cc1csc2ccccc12)C(=O)O. The lowest BCUT2D eigenvalue weighted by Crippen LogP contribution is -2.32. The van der Waals surface area contributed by atoms with Crippen LogP contribution in [0.5, 0.6) is 0 Å². The maximum Gasteiger partial charge on any atom is 0.320 e. The van der Waals surface area contributed by atoms with Crippen molar-refractivity contribution in [1.29, 1.82) is 0 Å². The van der Waals surface area contributed by atoms with E-state index < -0.39 is 12.0 Å². The minimum absolute atomic E-state index is 0. The largest absolute Gasteiger partial charge is 0.480 e. The van der Waals surface area contributed by atoms with Crippen molar-refractivity contribution >= 4 is 27.4 Å². The molecule has 3 nitrogen and oxygen atoms in total. The lowest BCUT2D eigenvalue weighted by Gasteiger charge is -2.04. The van der Waals surface area contributed by atoms with E-state index in [1.807, 2.05) is 29.6 Å². The Balaban J connectivity index is 0.00000128. The molecule has 1 aromatic heterocycles. The van der Waals surface area contributed by atoms with Gasteiger partial charge in [0.25, 0.3) is 0 Å². The summed E-state index contributed by atoms with van der Waals surface area (Å²) in [6, 6.07) is 7.12. The second-order valence-electron chi connectivity index (χ2n) is 3.41. The zero-order chi connectivity index (χ0) is 10.8. The maximum absolute atomic E-state index is 10.6. The Kier molecular flexibility index (Phi) is 4.04. The van der Waals surface area contributed by atoms with Crippen LogP contribution in [0, 0.1) is 0 Å². The summed E-state index contributed by atoms with van der Waals surface area (Å²) in [4.78, 5) is 10.6. The minimum Gasteiger partial charge on any atom is -0.480 e. The van der Waals surface area contributed by atoms with Crippen LogP contribution in [0.3, 0.4) is 0 Å². The third kappa shape index (κ3) is 2.40. The van der Waals surface area contributed by atoms with Crippen LogP contribution in [0.4, 0.5) is 0 Å². The summed E-state index contributed by atoms with van der Waals surface area (Å²) in [7, 11) is 0. The quantitative estimate of drug-likeness (QED) is 0.862. The first-order valence-electron chi connectivity index (χ1n) is 4.62. The van der Waals surface area contributed by atoms with Crippen molar-refractivity contribution in [2.75, 3.05) is 0 Å². The van der Waals surface area contributed by atoms with Gasteiger partial charge in [-0.05, 0) is 28.8 Å². The number of hydrogen-bond acceptors (Lipinski definition) is 3. The van der Waals surface area contributed by atoms with E-state index in [0.717, 1.165) is 10.9 Å². The Hall–Kier alpha value is -1.39. The zero-order valence-electron chi connectivity index (χ0n) is 8.01. The maximum atomic E-state index is 10.6. The van der Waals surface area contributed by atoms with E-state index in [2.05, 4.69) is 0 Å². The standard InChI is InChI=1S/C11H11NO2S.CH4/c12-9(11(13)14)5-7-6-15-10-4-2-1-3-8(7)10;/h1-4,6,9H,5,12H2,(H,13,14);1H4/t9-;/m0./s1. The molecular formula is C12H15NO2S. The van der Waals surface area contributed by atoms with E-state index in [1.165, 1.54) is 4.70 Å². The first kappa shape index (κ1) is 12.7. The molecule has 1 atom stereocenters. The van der Waals surface area contributed by atoms with Gasteiger partial charge in [-0.25, -0.2) is 0 Å². The van der Waals surface area contributed by atoms with Crippen LogP contribution in [0.1, 0.15) is 13.0 Å². The predicted octanol–water partition coefficient (Wildman–Crippen LogP) is 2.49. The van der Waals surface area contributed by atoms with Crippen molar-refractivity contribution in [3.63, 3.8) is 0 Å². The van der Waals surface area contributed by atoms with E-state index in [0.29, 0.717) is 6.42 Å². The van der Waals surface area contributed by atoms with Gasteiger partial charge in [0.1, 0.15) is 6.04 Å². The molecular weight excluding hydrogens is 222 g/mol. The third-order valence-corrected chi connectivity index (χ3v) is 3.33. The van der Waals surface area contributed by atoms with Crippen LogP contribution in [-0.2, 0) is 11.2 Å². The number of carbonyl (C=O) groups is 1. The normalized spacial score (nSPS) is 12.1. The van der Waals surface area contributed by atoms with Crippen LogP contribution in [0.2, 0.25) is 0 Å². The molecule has 0 aliphatic carbocycles. The number of rotatable bonds is 3. The number of carboxylic acids is 1. The molecule has 0 amide bonds. The molecule has 0 spiro atoms. The monoisotopic (exact) mass is 237 g/mol. The molecule has 2 rings (SSSR count). The molecule has 86 valence electrons. The van der Waals surface area contributed by atoms with E-state index in [4.69, 9.17) is 10.8 Å². The van der Waals surface area contributed by atoms with Gasteiger partial charge in [0.15, 0.2) is 0 Å². The average Bonchev–Trinajstić information content (AvgIpc) is 2.62. The Morgan fingerprint density at radius 3 is 2.81 bits per heavy atom. The summed E-state index contributed by atoms with van der Waals surface area (Å²) in [6.07, 6.45) is 0.388. The smallest absolute Gasteiger partial charge is 0.320 e. The van der Waals surface area contributed by atoms with Gasteiger partial charge in [0.05, 0.1) is 0 Å². The van der Waals surface area contributed by atoms with Crippen molar-refractivity contribution < 1.29 is 9.90 Å². The number of nitrogens with two attached hydrogens (primary N) is 1. The molecule has 0 aliphatic heterocycles. The average molecular weight is 237 g/mol. The second-order valence-corrected chi connectivity index (χ2v) is 4.32. The van der Waals surface area contributed by atoms with Gasteiger partial charge in [0.2, 0.25) is 0 Å². The van der Waals surface area contributed by atoms with Gasteiger partial charge in [0, 0.05) is 4.70 Å². The molecule has 3 N–H and O–H groups in total. The number of benzene rings is 1. The van der Waals surface area contributed by atoms with Crippen molar-refractivity contribution in [2.45, 2.75) is 19.9 Å². The van der Waals surface area contributed by atoms with Crippen LogP contribution in [0.15, 0.2) is 29.6 Å². The van der Waals surface area contributed by atoms with Crippen molar-refractivity contribution in [2.24, 2.45) is 5.73 Å². The fourth-order valence-corrected chi connectivity index (χ4v) is 2.49. The molecule has 16 heavy (non-hydrogen) atoms. The van der Waals surface area contributed by atoms with Gasteiger partial charge in [-0.1, -0.05) is 25.6 Å². The van der Waals surface area contributed by atoms with Crippen molar-refractivity contribution in [1.82, 2.24) is 0 Å². The molecule has 0 saturated heterocycles. The molecule has 0 saturated carbocycles. The number of carboxylic acid groups (broad SMARTS) is 1. The number of thiophene rings is 1. The van der Waals surface area contributed by atoms with E-state index in [-0.39, 0.29) is 7.43 Å². The topological polar surface area (TPSA) is 63.3 Å². The van der Waals surface area contributed by atoms with Gasteiger partial charge in [-0.2, -0.15) is 0 Å². The Morgan fingerprint density at radius 2 is 2.12 bits per heavy atom. The molecule has 4 heteroatoms. The van der Waals surface area contributed by atoms with Crippen LogP contribution in [0.25, 0.3) is 10.1 Å². The fraction of sp³-hybridized carbons (Fsp3) is 0.250. The molecule has 0 unspecified atom stereocenters. The highest BCUT2D eigenvalue weighted by Crippen LogP contribution is 2.26. The lowest BCUT2D eigenvalue weighted by molar-refractivity contribution is -0.138. The molecule has 2 aromatic rings. The van der Waals surface area contributed by atoms with Gasteiger partial charge in [-0.3, -0.25) is 4.79 Å². The fourth-order valence-electron chi connectivity index (χ4n) is 1.52. The highest BCUT2D eigenvalue weighted by molar-refractivity contribution is 7.17. The molecule has 1 heterocycles. The first-order valence-corrected chi connectivity index (χ1v) is 5.50. The highest BCUT2D eigenvalue weighted by atomic mass is 32.1. The van der Waals surface area contributed by atoms with Crippen LogP contribution >= 0.6 is 11.3 Å². The number of fused-ring (bicyclic) bond motifs is 1.